The minimum Gasteiger partial charge on any atom is -0.404 e. The number of nitrogens with zero attached hydrogens (tertiary/aromatic N) is 4. The van der Waals surface area contributed by atoms with Gasteiger partial charge in [-0.05, 0) is 6.07 Å². The third kappa shape index (κ3) is 3.00. The molecular weight excluding hydrogens is 276 g/mol. The van der Waals surface area contributed by atoms with Gasteiger partial charge in [0.25, 0.3) is 6.43 Å². The van der Waals surface area contributed by atoms with Gasteiger partial charge in [0.15, 0.2) is 5.82 Å². The van der Waals surface area contributed by atoms with Crippen LogP contribution in [0.3, 0.4) is 0 Å². The highest BCUT2D eigenvalue weighted by atomic mass is 35.5. The number of alkyl halides is 2. The summed E-state index contributed by atoms with van der Waals surface area (Å²) in [6, 6.07) is 2.58. The monoisotopic (exact) mass is 283 g/mol. The molecule has 0 spiro atoms. The maximum Gasteiger partial charge on any atom is 0.280 e. The Labute approximate surface area is 112 Å². The zero-order valence-corrected chi connectivity index (χ0v) is 10.2. The van der Waals surface area contributed by atoms with Gasteiger partial charge < -0.3 is 5.73 Å². The van der Waals surface area contributed by atoms with Crippen LogP contribution in [0.1, 0.15) is 23.6 Å². The Morgan fingerprint density at radius 1 is 1.32 bits per heavy atom. The molecule has 0 saturated heterocycles. The average molecular weight is 284 g/mol. The van der Waals surface area contributed by atoms with Gasteiger partial charge >= 0.3 is 0 Å². The number of rotatable bonds is 3. The van der Waals surface area contributed by atoms with Gasteiger partial charge in [-0.25, -0.2) is 28.7 Å². The summed E-state index contributed by atoms with van der Waals surface area (Å²) in [6.07, 6.45) is 0.965. The first-order valence-corrected chi connectivity index (χ1v) is 5.51. The Morgan fingerprint density at radius 3 is 2.74 bits per heavy atom. The first kappa shape index (κ1) is 13.3. The van der Waals surface area contributed by atoms with Gasteiger partial charge in [0, 0.05) is 18.5 Å². The summed E-state index contributed by atoms with van der Waals surface area (Å²) in [6.45, 7) is 0. The quantitative estimate of drug-likeness (QED) is 0.874. The van der Waals surface area contributed by atoms with E-state index in [-0.39, 0.29) is 16.7 Å². The van der Waals surface area contributed by atoms with E-state index in [4.69, 9.17) is 17.3 Å². The second-order valence-corrected chi connectivity index (χ2v) is 3.80. The van der Waals surface area contributed by atoms with Crippen LogP contribution in [0, 0.1) is 0 Å². The molecule has 0 aliphatic carbocycles. The standard InChI is InChI=1S/C11H8ClF2N5/c12-9-3-8(17-5-18-9)6(4-15)11-16-2-1-7(19-11)10(13)14/h1-5,10H,15H2. The molecule has 0 aromatic carbocycles. The zero-order valence-electron chi connectivity index (χ0n) is 9.46. The van der Waals surface area contributed by atoms with Crippen LogP contribution in [0.5, 0.6) is 0 Å². The molecule has 2 aromatic heterocycles. The number of aromatic nitrogens is 4. The molecule has 0 bridgehead atoms. The van der Waals surface area contributed by atoms with E-state index in [1.54, 1.807) is 0 Å². The lowest BCUT2D eigenvalue weighted by atomic mass is 10.2. The highest BCUT2D eigenvalue weighted by Crippen LogP contribution is 2.21. The van der Waals surface area contributed by atoms with Gasteiger partial charge in [0.05, 0.1) is 11.3 Å². The van der Waals surface area contributed by atoms with E-state index in [0.29, 0.717) is 11.3 Å². The van der Waals surface area contributed by atoms with E-state index in [0.717, 1.165) is 6.07 Å². The third-order valence-electron chi connectivity index (χ3n) is 2.22. The lowest BCUT2D eigenvalue weighted by Gasteiger charge is -2.06. The van der Waals surface area contributed by atoms with Crippen molar-refractivity contribution in [2.75, 3.05) is 0 Å². The van der Waals surface area contributed by atoms with Crippen molar-refractivity contribution in [1.29, 1.82) is 0 Å². The van der Waals surface area contributed by atoms with E-state index in [9.17, 15) is 8.78 Å². The molecule has 0 atom stereocenters. The van der Waals surface area contributed by atoms with Crippen LogP contribution in [0.15, 0.2) is 30.9 Å². The predicted octanol–water partition coefficient (Wildman–Crippen LogP) is 2.21. The zero-order chi connectivity index (χ0) is 13.8. The molecule has 0 aliphatic rings. The summed E-state index contributed by atoms with van der Waals surface area (Å²) in [5.41, 5.74) is 5.75. The molecule has 8 heteroatoms. The summed E-state index contributed by atoms with van der Waals surface area (Å²) in [5.74, 6) is 0.0510. The number of hydrogen-bond donors (Lipinski definition) is 1. The van der Waals surface area contributed by atoms with E-state index < -0.39 is 6.43 Å². The van der Waals surface area contributed by atoms with Crippen molar-refractivity contribution in [3.8, 4) is 0 Å². The summed E-state index contributed by atoms with van der Waals surface area (Å²) < 4.78 is 25.2. The average Bonchev–Trinajstić information content (AvgIpc) is 2.40. The van der Waals surface area contributed by atoms with Crippen LogP contribution in [-0.2, 0) is 0 Å². The van der Waals surface area contributed by atoms with Crippen molar-refractivity contribution < 1.29 is 8.78 Å². The van der Waals surface area contributed by atoms with Gasteiger partial charge in [-0.2, -0.15) is 0 Å². The largest absolute Gasteiger partial charge is 0.404 e. The second-order valence-electron chi connectivity index (χ2n) is 3.41. The predicted molar refractivity (Wildman–Crippen MR) is 65.3 cm³/mol. The smallest absolute Gasteiger partial charge is 0.280 e. The van der Waals surface area contributed by atoms with Crippen LogP contribution >= 0.6 is 11.6 Å². The molecule has 0 saturated carbocycles. The molecule has 0 fully saturated rings. The molecule has 2 aromatic rings. The Balaban J connectivity index is 2.46. The topological polar surface area (TPSA) is 77.6 Å². The van der Waals surface area contributed by atoms with Crippen molar-refractivity contribution >= 4 is 17.2 Å². The Morgan fingerprint density at radius 2 is 2.11 bits per heavy atom. The third-order valence-corrected chi connectivity index (χ3v) is 2.42. The highest BCUT2D eigenvalue weighted by molar-refractivity contribution is 6.29. The molecule has 0 radical (unpaired) electrons. The molecule has 0 unspecified atom stereocenters. The molecule has 2 rings (SSSR count). The number of hydrogen-bond acceptors (Lipinski definition) is 5. The van der Waals surface area contributed by atoms with Gasteiger partial charge in [-0.15, -0.1) is 0 Å². The van der Waals surface area contributed by atoms with Crippen LogP contribution in [0.2, 0.25) is 5.15 Å². The van der Waals surface area contributed by atoms with Crippen molar-refractivity contribution in [3.63, 3.8) is 0 Å². The SMILES string of the molecule is NC=C(c1cc(Cl)ncn1)c1nccc(C(F)F)n1. The van der Waals surface area contributed by atoms with Crippen molar-refractivity contribution in [1.82, 2.24) is 19.9 Å². The van der Waals surface area contributed by atoms with Crippen molar-refractivity contribution in [2.45, 2.75) is 6.43 Å². The lowest BCUT2D eigenvalue weighted by Crippen LogP contribution is -2.03. The normalized spacial score (nSPS) is 11.9. The van der Waals surface area contributed by atoms with E-state index in [1.165, 1.54) is 24.8 Å². The van der Waals surface area contributed by atoms with Gasteiger partial charge in [0.1, 0.15) is 17.2 Å². The van der Waals surface area contributed by atoms with Gasteiger partial charge in [0.2, 0.25) is 0 Å². The van der Waals surface area contributed by atoms with E-state index >= 15 is 0 Å². The van der Waals surface area contributed by atoms with Gasteiger partial charge in [-0.3, -0.25) is 0 Å². The molecule has 5 nitrogen and oxygen atoms in total. The fraction of sp³-hybridized carbons (Fsp3) is 0.0909. The van der Waals surface area contributed by atoms with Crippen LogP contribution < -0.4 is 5.73 Å². The molecular formula is C11H8ClF2N5. The molecule has 0 amide bonds. The van der Waals surface area contributed by atoms with Crippen molar-refractivity contribution in [3.05, 3.63) is 53.2 Å². The summed E-state index contributed by atoms with van der Waals surface area (Å²) in [4.78, 5) is 15.3. The maximum absolute atomic E-state index is 12.6. The number of nitrogens with two attached hydrogens (primary N) is 1. The van der Waals surface area contributed by atoms with E-state index in [1.807, 2.05) is 0 Å². The lowest BCUT2D eigenvalue weighted by molar-refractivity contribution is 0.146. The molecule has 2 heterocycles. The van der Waals surface area contributed by atoms with Crippen LogP contribution in [-0.4, -0.2) is 19.9 Å². The number of halogens is 3. The maximum atomic E-state index is 12.6. The van der Waals surface area contributed by atoms with Crippen molar-refractivity contribution in [2.24, 2.45) is 5.73 Å². The fourth-order valence-electron chi connectivity index (χ4n) is 1.38. The van der Waals surface area contributed by atoms with Gasteiger partial charge in [-0.1, -0.05) is 11.6 Å². The molecule has 19 heavy (non-hydrogen) atoms. The van der Waals surface area contributed by atoms with E-state index in [2.05, 4.69) is 19.9 Å². The first-order valence-electron chi connectivity index (χ1n) is 5.13. The van der Waals surface area contributed by atoms with Crippen LogP contribution in [0.25, 0.3) is 5.57 Å². The molecule has 2 N–H and O–H groups in total. The molecule has 0 aliphatic heterocycles. The highest BCUT2D eigenvalue weighted by Gasteiger charge is 2.14. The second kappa shape index (κ2) is 5.66. The molecule has 98 valence electrons. The van der Waals surface area contributed by atoms with Crippen LogP contribution in [0.4, 0.5) is 8.78 Å². The fourth-order valence-corrected chi connectivity index (χ4v) is 1.53. The Hall–Kier alpha value is -2.15. The summed E-state index contributed by atoms with van der Waals surface area (Å²) >= 11 is 5.74. The minimum atomic E-state index is -2.69. The Bertz CT molecular complexity index is 618. The Kier molecular flexibility index (Phi) is 3.96. The summed E-state index contributed by atoms with van der Waals surface area (Å²) in [5, 5.41) is 0.203. The minimum absolute atomic E-state index is 0.0510. The first-order chi connectivity index (χ1) is 9.11. The summed E-state index contributed by atoms with van der Waals surface area (Å²) in [7, 11) is 0.